The quantitative estimate of drug-likeness (QED) is 0.758. The fourth-order valence-corrected chi connectivity index (χ4v) is 2.85. The molecule has 0 aliphatic heterocycles. The lowest BCUT2D eigenvalue weighted by atomic mass is 10.2. The number of carbonyl (C=O) groups excluding carboxylic acids is 2. The van der Waals surface area contributed by atoms with E-state index in [9.17, 15) is 9.59 Å². The molecule has 6 nitrogen and oxygen atoms in total. The maximum absolute atomic E-state index is 12.6. The molecule has 2 saturated carbocycles. The Morgan fingerprint density at radius 3 is 2.44 bits per heavy atom. The summed E-state index contributed by atoms with van der Waals surface area (Å²) in [5.74, 6) is 0.606. The van der Waals surface area contributed by atoms with E-state index >= 15 is 0 Å². The van der Waals surface area contributed by atoms with Crippen molar-refractivity contribution in [3.63, 3.8) is 0 Å². The standard InChI is InChI=1S/C19H22N4O2/c24-18(14-8-9-14)20-10-11-21-19(25)17-12-16(13-6-7-13)22-23(17)15-4-2-1-3-5-15/h1-5,12-14H,6-11H2,(H,20,24)(H,21,25). The van der Waals surface area contributed by atoms with E-state index < -0.39 is 0 Å². The molecule has 25 heavy (non-hydrogen) atoms. The first-order valence-corrected chi connectivity index (χ1v) is 8.93. The van der Waals surface area contributed by atoms with Gasteiger partial charge in [-0.3, -0.25) is 9.59 Å². The number of benzene rings is 1. The van der Waals surface area contributed by atoms with Gasteiger partial charge in [0, 0.05) is 24.9 Å². The number of hydrogen-bond donors (Lipinski definition) is 2. The van der Waals surface area contributed by atoms with Gasteiger partial charge in [-0.15, -0.1) is 0 Å². The minimum atomic E-state index is -0.163. The van der Waals surface area contributed by atoms with Gasteiger partial charge < -0.3 is 10.6 Å². The van der Waals surface area contributed by atoms with E-state index in [1.165, 1.54) is 0 Å². The van der Waals surface area contributed by atoms with Gasteiger partial charge >= 0.3 is 0 Å². The van der Waals surface area contributed by atoms with Crippen molar-refractivity contribution < 1.29 is 9.59 Å². The van der Waals surface area contributed by atoms with E-state index in [1.807, 2.05) is 36.4 Å². The zero-order chi connectivity index (χ0) is 17.2. The molecular weight excluding hydrogens is 316 g/mol. The molecule has 0 spiro atoms. The molecule has 1 heterocycles. The lowest BCUT2D eigenvalue weighted by Gasteiger charge is -2.09. The van der Waals surface area contributed by atoms with Crippen molar-refractivity contribution >= 4 is 11.8 Å². The highest BCUT2D eigenvalue weighted by molar-refractivity contribution is 5.93. The highest BCUT2D eigenvalue weighted by atomic mass is 16.2. The smallest absolute Gasteiger partial charge is 0.270 e. The third kappa shape index (κ3) is 3.73. The third-order valence-electron chi connectivity index (χ3n) is 4.62. The number of nitrogens with zero attached hydrogens (tertiary/aromatic N) is 2. The average molecular weight is 338 g/mol. The summed E-state index contributed by atoms with van der Waals surface area (Å²) >= 11 is 0. The first kappa shape index (κ1) is 15.9. The zero-order valence-corrected chi connectivity index (χ0v) is 14.1. The maximum Gasteiger partial charge on any atom is 0.270 e. The van der Waals surface area contributed by atoms with Crippen LogP contribution < -0.4 is 10.6 Å². The van der Waals surface area contributed by atoms with Crippen LogP contribution in [0.5, 0.6) is 0 Å². The Kier molecular flexibility index (Phi) is 4.26. The van der Waals surface area contributed by atoms with Crippen LogP contribution >= 0.6 is 0 Å². The summed E-state index contributed by atoms with van der Waals surface area (Å²) in [6.45, 7) is 0.867. The third-order valence-corrected chi connectivity index (χ3v) is 4.62. The van der Waals surface area contributed by atoms with Crippen molar-refractivity contribution in [2.45, 2.75) is 31.6 Å². The lowest BCUT2D eigenvalue weighted by Crippen LogP contribution is -2.36. The normalized spacial score (nSPS) is 16.5. The molecule has 2 fully saturated rings. The first-order chi connectivity index (χ1) is 12.2. The summed E-state index contributed by atoms with van der Waals surface area (Å²) in [6, 6.07) is 11.6. The van der Waals surface area contributed by atoms with Crippen LogP contribution in [-0.4, -0.2) is 34.7 Å². The molecule has 130 valence electrons. The van der Waals surface area contributed by atoms with Gasteiger partial charge in [-0.2, -0.15) is 5.10 Å². The molecule has 2 aliphatic rings. The van der Waals surface area contributed by atoms with Crippen molar-refractivity contribution in [2.75, 3.05) is 13.1 Å². The summed E-state index contributed by atoms with van der Waals surface area (Å²) in [5, 5.41) is 10.4. The predicted molar refractivity (Wildman–Crippen MR) is 93.6 cm³/mol. The molecule has 0 atom stereocenters. The van der Waals surface area contributed by atoms with Crippen LogP contribution in [0.1, 0.15) is 47.8 Å². The van der Waals surface area contributed by atoms with Gasteiger partial charge in [-0.1, -0.05) is 18.2 Å². The highest BCUT2D eigenvalue weighted by Crippen LogP contribution is 2.39. The number of carbonyl (C=O) groups is 2. The van der Waals surface area contributed by atoms with Crippen LogP contribution in [-0.2, 0) is 4.79 Å². The van der Waals surface area contributed by atoms with Gasteiger partial charge in [-0.25, -0.2) is 4.68 Å². The largest absolute Gasteiger partial charge is 0.354 e. The minimum Gasteiger partial charge on any atom is -0.354 e. The maximum atomic E-state index is 12.6. The molecule has 2 aromatic rings. The summed E-state index contributed by atoms with van der Waals surface area (Å²) in [4.78, 5) is 24.2. The second-order valence-electron chi connectivity index (χ2n) is 6.80. The Hall–Kier alpha value is -2.63. The lowest BCUT2D eigenvalue weighted by molar-refractivity contribution is -0.122. The highest BCUT2D eigenvalue weighted by Gasteiger charge is 2.30. The van der Waals surface area contributed by atoms with E-state index in [-0.39, 0.29) is 17.7 Å². The Morgan fingerprint density at radius 2 is 1.76 bits per heavy atom. The fraction of sp³-hybridized carbons (Fsp3) is 0.421. The van der Waals surface area contributed by atoms with E-state index in [4.69, 9.17) is 0 Å². The minimum absolute atomic E-state index is 0.0968. The summed E-state index contributed by atoms with van der Waals surface area (Å²) in [6.07, 6.45) is 4.25. The average Bonchev–Trinajstić information content (AvgIpc) is 3.56. The molecule has 0 saturated heterocycles. The molecule has 1 aromatic carbocycles. The molecule has 2 aliphatic carbocycles. The van der Waals surface area contributed by atoms with Crippen LogP contribution in [0.15, 0.2) is 36.4 Å². The van der Waals surface area contributed by atoms with Gasteiger partial charge in [0.2, 0.25) is 5.91 Å². The molecular formula is C19H22N4O2. The van der Waals surface area contributed by atoms with Crippen molar-refractivity contribution in [1.82, 2.24) is 20.4 Å². The summed E-state index contributed by atoms with van der Waals surface area (Å²) < 4.78 is 1.71. The summed E-state index contributed by atoms with van der Waals surface area (Å²) in [5.41, 5.74) is 2.40. The molecule has 2 N–H and O–H groups in total. The molecule has 1 aromatic heterocycles. The molecule has 4 rings (SSSR count). The Bertz CT molecular complexity index is 776. The number of aromatic nitrogens is 2. The molecule has 0 bridgehead atoms. The Labute approximate surface area is 146 Å². The topological polar surface area (TPSA) is 76.0 Å². The zero-order valence-electron chi connectivity index (χ0n) is 14.1. The van der Waals surface area contributed by atoms with Crippen LogP contribution in [0.3, 0.4) is 0 Å². The van der Waals surface area contributed by atoms with E-state index in [0.29, 0.717) is 24.7 Å². The first-order valence-electron chi connectivity index (χ1n) is 8.93. The van der Waals surface area contributed by atoms with Gasteiger partial charge in [0.25, 0.3) is 5.91 Å². The molecule has 0 unspecified atom stereocenters. The van der Waals surface area contributed by atoms with Crippen LogP contribution in [0.4, 0.5) is 0 Å². The van der Waals surface area contributed by atoms with Gasteiger partial charge in [0.1, 0.15) is 5.69 Å². The Morgan fingerprint density at radius 1 is 1.04 bits per heavy atom. The van der Waals surface area contributed by atoms with E-state index in [1.54, 1.807) is 4.68 Å². The molecule has 0 radical (unpaired) electrons. The number of nitrogens with one attached hydrogen (secondary N) is 2. The molecule has 2 amide bonds. The van der Waals surface area contributed by atoms with Gasteiger partial charge in [0.05, 0.1) is 11.4 Å². The van der Waals surface area contributed by atoms with Crippen molar-refractivity contribution in [1.29, 1.82) is 0 Å². The fourth-order valence-electron chi connectivity index (χ4n) is 2.85. The van der Waals surface area contributed by atoms with Crippen LogP contribution in [0.25, 0.3) is 5.69 Å². The number of rotatable bonds is 7. The van der Waals surface area contributed by atoms with Crippen molar-refractivity contribution in [3.8, 4) is 5.69 Å². The van der Waals surface area contributed by atoms with Gasteiger partial charge in [0.15, 0.2) is 0 Å². The predicted octanol–water partition coefficient (Wildman–Crippen LogP) is 2.01. The Balaban J connectivity index is 1.42. The number of hydrogen-bond acceptors (Lipinski definition) is 3. The number of para-hydroxylation sites is 1. The number of amides is 2. The SMILES string of the molecule is O=C(NCCNC(=O)C1CC1)c1cc(C2CC2)nn1-c1ccccc1. The van der Waals surface area contributed by atoms with E-state index in [2.05, 4.69) is 15.7 Å². The van der Waals surface area contributed by atoms with Crippen LogP contribution in [0.2, 0.25) is 0 Å². The monoisotopic (exact) mass is 338 g/mol. The summed E-state index contributed by atoms with van der Waals surface area (Å²) in [7, 11) is 0. The second-order valence-corrected chi connectivity index (χ2v) is 6.80. The van der Waals surface area contributed by atoms with Crippen molar-refractivity contribution in [3.05, 3.63) is 47.8 Å². The second kappa shape index (κ2) is 6.70. The van der Waals surface area contributed by atoms with Crippen LogP contribution in [0, 0.1) is 5.92 Å². The molecule has 6 heteroatoms. The van der Waals surface area contributed by atoms with Crippen molar-refractivity contribution in [2.24, 2.45) is 5.92 Å². The van der Waals surface area contributed by atoms with Gasteiger partial charge in [-0.05, 0) is 43.9 Å². The van der Waals surface area contributed by atoms with E-state index in [0.717, 1.165) is 37.1 Å².